The van der Waals surface area contributed by atoms with Crippen LogP contribution >= 0.6 is 0 Å². The molecule has 0 saturated carbocycles. The molecule has 1 aliphatic rings. The van der Waals surface area contributed by atoms with Gasteiger partial charge in [-0.15, -0.1) is 0 Å². The van der Waals surface area contributed by atoms with Gasteiger partial charge in [0.1, 0.15) is 5.75 Å². The number of hydrogen-bond donors (Lipinski definition) is 0. The molecule has 1 amide bonds. The quantitative estimate of drug-likeness (QED) is 0.565. The molecule has 7 heteroatoms. The van der Waals surface area contributed by atoms with Crippen LogP contribution in [0.3, 0.4) is 0 Å². The van der Waals surface area contributed by atoms with Crippen LogP contribution in [0.15, 0.2) is 30.3 Å². The van der Waals surface area contributed by atoms with Crippen LogP contribution in [0.4, 0.5) is 5.69 Å². The third kappa shape index (κ3) is 3.65. The highest BCUT2D eigenvalue weighted by Crippen LogP contribution is 2.33. The van der Waals surface area contributed by atoms with Crippen molar-refractivity contribution in [3.05, 3.63) is 47.3 Å². The average Bonchev–Trinajstić information content (AvgIpc) is 3.20. The van der Waals surface area contributed by atoms with E-state index in [1.54, 1.807) is 24.3 Å². The third-order valence-corrected chi connectivity index (χ3v) is 5.26. The Hall–Kier alpha value is -3.09. The molecule has 7 nitrogen and oxygen atoms in total. The van der Waals surface area contributed by atoms with Crippen LogP contribution in [0, 0.1) is 19.8 Å². The molecule has 1 fully saturated rings. The number of aromatic nitrogens is 1. The minimum absolute atomic E-state index is 0.0501. The van der Waals surface area contributed by atoms with E-state index in [2.05, 4.69) is 0 Å². The number of anilines is 1. The van der Waals surface area contributed by atoms with Crippen molar-refractivity contribution in [1.29, 1.82) is 0 Å². The number of para-hydroxylation sites is 2. The van der Waals surface area contributed by atoms with Crippen molar-refractivity contribution in [2.45, 2.75) is 20.3 Å². The number of carbonyl (C=O) groups excluding carboxylic acids is 3. The number of hydrogen-bond acceptors (Lipinski definition) is 5. The highest BCUT2D eigenvalue weighted by molar-refractivity contribution is 6.02. The van der Waals surface area contributed by atoms with Gasteiger partial charge >= 0.3 is 5.97 Å². The average molecular weight is 384 g/mol. The molecule has 3 rings (SSSR count). The molecule has 0 bridgehead atoms. The van der Waals surface area contributed by atoms with E-state index in [0.29, 0.717) is 17.0 Å². The Morgan fingerprint density at radius 3 is 2.57 bits per heavy atom. The van der Waals surface area contributed by atoms with Crippen molar-refractivity contribution in [1.82, 2.24) is 4.57 Å². The molecule has 0 unspecified atom stereocenters. The summed E-state index contributed by atoms with van der Waals surface area (Å²) < 4.78 is 12.4. The number of nitrogens with zero attached hydrogens (tertiary/aromatic N) is 2. The minimum Gasteiger partial charge on any atom is -0.495 e. The fourth-order valence-corrected chi connectivity index (χ4v) is 3.42. The molecule has 1 atom stereocenters. The largest absolute Gasteiger partial charge is 0.495 e. The monoisotopic (exact) mass is 384 g/mol. The summed E-state index contributed by atoms with van der Waals surface area (Å²) >= 11 is 0. The summed E-state index contributed by atoms with van der Waals surface area (Å²) in [5.74, 6) is -1.00. The third-order valence-electron chi connectivity index (χ3n) is 5.26. The summed E-state index contributed by atoms with van der Waals surface area (Å²) in [5, 5.41) is 0. The lowest BCUT2D eigenvalue weighted by Crippen LogP contribution is -2.27. The lowest BCUT2D eigenvalue weighted by molar-refractivity contribution is -0.147. The normalized spacial score (nSPS) is 16.4. The van der Waals surface area contributed by atoms with E-state index in [1.807, 2.05) is 31.5 Å². The van der Waals surface area contributed by atoms with Gasteiger partial charge in [0.15, 0.2) is 6.61 Å². The summed E-state index contributed by atoms with van der Waals surface area (Å²) in [6, 6.07) is 8.94. The maximum Gasteiger partial charge on any atom is 0.311 e. The van der Waals surface area contributed by atoms with Gasteiger partial charge in [0.25, 0.3) is 0 Å². The molecule has 0 N–H and O–H groups in total. The van der Waals surface area contributed by atoms with Crippen LogP contribution in [0.25, 0.3) is 0 Å². The van der Waals surface area contributed by atoms with Crippen LogP contribution < -0.4 is 9.64 Å². The lowest BCUT2D eigenvalue weighted by atomic mass is 10.1. The number of esters is 1. The van der Waals surface area contributed by atoms with Gasteiger partial charge in [-0.1, -0.05) is 12.1 Å². The molecule has 28 heavy (non-hydrogen) atoms. The predicted octanol–water partition coefficient (Wildman–Crippen LogP) is 2.43. The zero-order chi connectivity index (χ0) is 20.4. The lowest BCUT2D eigenvalue weighted by Gasteiger charge is -2.19. The molecule has 1 aromatic carbocycles. The zero-order valence-electron chi connectivity index (χ0n) is 16.5. The van der Waals surface area contributed by atoms with Gasteiger partial charge in [-0.25, -0.2) is 0 Å². The molecule has 0 spiro atoms. The van der Waals surface area contributed by atoms with Crippen molar-refractivity contribution >= 4 is 23.3 Å². The molecule has 0 radical (unpaired) electrons. The summed E-state index contributed by atoms with van der Waals surface area (Å²) in [4.78, 5) is 38.7. The number of Topliss-reactive ketones (excluding diaryl/α,β-unsaturated/α-hetero) is 1. The molecule has 2 aromatic rings. The first kappa shape index (κ1) is 19.7. The number of amides is 1. The van der Waals surface area contributed by atoms with Gasteiger partial charge in [-0.05, 0) is 32.0 Å². The predicted molar refractivity (Wildman–Crippen MR) is 104 cm³/mol. The topological polar surface area (TPSA) is 77.8 Å². The number of ketones is 1. The van der Waals surface area contributed by atoms with Gasteiger partial charge in [0.05, 0.1) is 18.7 Å². The number of aryl methyl sites for hydroxylation is 1. The first-order valence-electron chi connectivity index (χ1n) is 9.09. The second-order valence-electron chi connectivity index (χ2n) is 6.95. The highest BCUT2D eigenvalue weighted by Gasteiger charge is 2.37. The van der Waals surface area contributed by atoms with Crippen LogP contribution in [-0.4, -0.2) is 42.5 Å². The first-order chi connectivity index (χ1) is 13.3. The Bertz CT molecular complexity index is 931. The van der Waals surface area contributed by atoms with Gasteiger partial charge in [0.2, 0.25) is 11.7 Å². The fraction of sp³-hybridized carbons (Fsp3) is 0.381. The fourth-order valence-electron chi connectivity index (χ4n) is 3.42. The van der Waals surface area contributed by atoms with Crippen molar-refractivity contribution in [3.8, 4) is 5.75 Å². The molecule has 2 heterocycles. The molecule has 1 aromatic heterocycles. The number of carbonyl (C=O) groups is 3. The van der Waals surface area contributed by atoms with Crippen LogP contribution in [0.2, 0.25) is 0 Å². The standard InChI is InChI=1S/C21H24N2O5/c1-13-9-16(14(2)22(13)3)18(24)12-28-21(26)15-10-20(25)23(11-15)17-7-5-6-8-19(17)27-4/h5-9,15H,10-12H2,1-4H3/t15-/m0/s1. The number of methoxy groups -OCH3 is 1. The number of benzene rings is 1. The number of ether oxygens (including phenoxy) is 2. The second-order valence-corrected chi connectivity index (χ2v) is 6.95. The van der Waals surface area contributed by atoms with Crippen LogP contribution in [-0.2, 0) is 21.4 Å². The van der Waals surface area contributed by atoms with E-state index in [4.69, 9.17) is 9.47 Å². The summed E-state index contributed by atoms with van der Waals surface area (Å²) in [6.45, 7) is 3.63. The SMILES string of the molecule is COc1ccccc1N1C[C@@H](C(=O)OCC(=O)c2cc(C)n(C)c2C)CC1=O. The molecule has 0 aliphatic carbocycles. The Morgan fingerprint density at radius 2 is 1.93 bits per heavy atom. The van der Waals surface area contributed by atoms with E-state index in [9.17, 15) is 14.4 Å². The van der Waals surface area contributed by atoms with Crippen molar-refractivity contribution in [2.24, 2.45) is 13.0 Å². The van der Waals surface area contributed by atoms with Gasteiger partial charge in [-0.3, -0.25) is 14.4 Å². The zero-order valence-corrected chi connectivity index (χ0v) is 16.5. The van der Waals surface area contributed by atoms with Gasteiger partial charge < -0.3 is 18.9 Å². The van der Waals surface area contributed by atoms with Crippen molar-refractivity contribution < 1.29 is 23.9 Å². The van der Waals surface area contributed by atoms with Crippen molar-refractivity contribution in [3.63, 3.8) is 0 Å². The maximum atomic E-state index is 12.4. The molecular formula is C21H24N2O5. The minimum atomic E-state index is -0.608. The molecule has 1 saturated heterocycles. The van der Waals surface area contributed by atoms with E-state index in [-0.39, 0.29) is 31.3 Å². The Kier molecular flexibility index (Phi) is 5.53. The highest BCUT2D eigenvalue weighted by atomic mass is 16.5. The first-order valence-corrected chi connectivity index (χ1v) is 9.09. The van der Waals surface area contributed by atoms with E-state index >= 15 is 0 Å². The van der Waals surface area contributed by atoms with Gasteiger partial charge in [-0.2, -0.15) is 0 Å². The Labute approximate surface area is 163 Å². The van der Waals surface area contributed by atoms with Gasteiger partial charge in [0, 0.05) is 37.0 Å². The number of rotatable bonds is 6. The Balaban J connectivity index is 1.63. The summed E-state index contributed by atoms with van der Waals surface area (Å²) in [5.41, 5.74) is 2.96. The second kappa shape index (κ2) is 7.88. The van der Waals surface area contributed by atoms with E-state index < -0.39 is 11.9 Å². The van der Waals surface area contributed by atoms with Crippen molar-refractivity contribution in [2.75, 3.05) is 25.2 Å². The van der Waals surface area contributed by atoms with Crippen LogP contribution in [0.5, 0.6) is 5.75 Å². The molecular weight excluding hydrogens is 360 g/mol. The van der Waals surface area contributed by atoms with E-state index in [0.717, 1.165) is 11.4 Å². The van der Waals surface area contributed by atoms with Crippen LogP contribution in [0.1, 0.15) is 28.2 Å². The van der Waals surface area contributed by atoms with E-state index in [1.165, 1.54) is 12.0 Å². The Morgan fingerprint density at radius 1 is 1.21 bits per heavy atom. The molecule has 1 aliphatic heterocycles. The molecule has 148 valence electrons. The smallest absolute Gasteiger partial charge is 0.311 e. The summed E-state index contributed by atoms with van der Waals surface area (Å²) in [6.07, 6.45) is 0.0501. The maximum absolute atomic E-state index is 12.4. The summed E-state index contributed by atoms with van der Waals surface area (Å²) in [7, 11) is 3.41.